The first kappa shape index (κ1) is 18.6. The molecule has 4 heteroatoms. The van der Waals surface area contributed by atoms with Crippen LogP contribution in [0.3, 0.4) is 0 Å². The molecule has 0 aliphatic carbocycles. The maximum atomic E-state index is 13.4. The number of para-hydroxylation sites is 1. The van der Waals surface area contributed by atoms with E-state index in [2.05, 4.69) is 24.4 Å². The number of aryl methyl sites for hydroxylation is 1. The molecule has 0 saturated carbocycles. The van der Waals surface area contributed by atoms with Gasteiger partial charge in [-0.3, -0.25) is 9.69 Å². The van der Waals surface area contributed by atoms with Crippen LogP contribution in [0.4, 0.5) is 11.4 Å². The van der Waals surface area contributed by atoms with E-state index in [0.717, 1.165) is 23.4 Å². The van der Waals surface area contributed by atoms with Crippen molar-refractivity contribution in [3.8, 4) is 0 Å². The summed E-state index contributed by atoms with van der Waals surface area (Å²) in [4.78, 5) is 15.2. The van der Waals surface area contributed by atoms with Gasteiger partial charge >= 0.3 is 0 Å². The molecular weight excluding hydrogens is 368 g/mol. The highest BCUT2D eigenvalue weighted by atomic mass is 35.5. The number of hydrogen-bond acceptors (Lipinski definition) is 2. The molecule has 142 valence electrons. The molecule has 0 unspecified atom stereocenters. The van der Waals surface area contributed by atoms with Gasteiger partial charge < -0.3 is 5.32 Å². The van der Waals surface area contributed by atoms with E-state index in [1.165, 1.54) is 18.4 Å². The molecule has 3 nitrogen and oxygen atoms in total. The van der Waals surface area contributed by atoms with E-state index < -0.39 is 0 Å². The largest absolute Gasteiger partial charge is 0.360 e. The second-order valence-electron chi connectivity index (χ2n) is 7.09. The van der Waals surface area contributed by atoms with Gasteiger partial charge in [-0.2, -0.15) is 0 Å². The lowest BCUT2D eigenvalue weighted by Gasteiger charge is -2.38. The first-order chi connectivity index (χ1) is 13.7. The van der Waals surface area contributed by atoms with Gasteiger partial charge in [-0.1, -0.05) is 61.3 Å². The Balaban J connectivity index is 1.74. The summed E-state index contributed by atoms with van der Waals surface area (Å²) in [6.45, 7) is 2.20. The fourth-order valence-electron chi connectivity index (χ4n) is 3.60. The van der Waals surface area contributed by atoms with Crippen LogP contribution in [0.25, 0.3) is 0 Å². The van der Waals surface area contributed by atoms with Gasteiger partial charge in [-0.05, 0) is 60.4 Å². The monoisotopic (exact) mass is 390 g/mol. The van der Waals surface area contributed by atoms with Crippen LogP contribution in [-0.2, 0) is 6.42 Å². The van der Waals surface area contributed by atoms with E-state index in [0.29, 0.717) is 10.6 Å². The molecule has 0 aromatic heterocycles. The molecule has 28 heavy (non-hydrogen) atoms. The van der Waals surface area contributed by atoms with Crippen molar-refractivity contribution in [1.29, 1.82) is 0 Å². The van der Waals surface area contributed by atoms with Gasteiger partial charge in [0.05, 0.1) is 5.56 Å². The fourth-order valence-corrected chi connectivity index (χ4v) is 3.73. The summed E-state index contributed by atoms with van der Waals surface area (Å²) >= 11 is 6.07. The van der Waals surface area contributed by atoms with Gasteiger partial charge in [0.1, 0.15) is 6.17 Å². The molecule has 1 aliphatic heterocycles. The molecule has 4 rings (SSSR count). The normalized spacial score (nSPS) is 15.9. The van der Waals surface area contributed by atoms with E-state index in [1.54, 1.807) is 0 Å². The molecule has 1 N–H and O–H groups in total. The fraction of sp³-hybridized carbons (Fsp3) is 0.208. The lowest BCUT2D eigenvalue weighted by Crippen LogP contribution is -2.43. The number of carbonyl (C=O) groups excluding carboxylic acids is 1. The molecular formula is C24H23ClN2O. The Morgan fingerprint density at radius 2 is 1.68 bits per heavy atom. The SMILES string of the molecule is CCCCc1ccc(N2C(=O)c3ccccc3N[C@@H]2c2ccc(Cl)cc2)cc1. The minimum Gasteiger partial charge on any atom is -0.360 e. The van der Waals surface area contributed by atoms with Crippen LogP contribution in [0.15, 0.2) is 72.8 Å². The average molecular weight is 391 g/mol. The van der Waals surface area contributed by atoms with Crippen molar-refractivity contribution in [3.05, 3.63) is 94.5 Å². The third-order valence-corrected chi connectivity index (χ3v) is 5.40. The molecule has 0 saturated heterocycles. The zero-order chi connectivity index (χ0) is 19.5. The summed E-state index contributed by atoms with van der Waals surface area (Å²) in [5, 5.41) is 4.20. The number of anilines is 2. The average Bonchev–Trinajstić information content (AvgIpc) is 2.73. The topological polar surface area (TPSA) is 32.3 Å². The van der Waals surface area contributed by atoms with Crippen molar-refractivity contribution in [3.63, 3.8) is 0 Å². The van der Waals surface area contributed by atoms with Crippen molar-refractivity contribution >= 4 is 28.9 Å². The number of amides is 1. The Hall–Kier alpha value is -2.78. The Bertz CT molecular complexity index is 967. The van der Waals surface area contributed by atoms with Crippen LogP contribution in [0, 0.1) is 0 Å². The highest BCUT2D eigenvalue weighted by Gasteiger charge is 2.33. The van der Waals surface area contributed by atoms with Crippen molar-refractivity contribution in [2.75, 3.05) is 10.2 Å². The number of hydrogen-bond donors (Lipinski definition) is 1. The third kappa shape index (κ3) is 3.63. The molecule has 0 spiro atoms. The Morgan fingerprint density at radius 1 is 0.964 bits per heavy atom. The van der Waals surface area contributed by atoms with Crippen LogP contribution in [0.2, 0.25) is 5.02 Å². The number of nitrogens with zero attached hydrogens (tertiary/aromatic N) is 1. The number of benzene rings is 3. The number of halogens is 1. The van der Waals surface area contributed by atoms with Gasteiger partial charge in [0.15, 0.2) is 0 Å². The molecule has 1 heterocycles. The van der Waals surface area contributed by atoms with Gasteiger partial charge in [0.25, 0.3) is 5.91 Å². The lowest BCUT2D eigenvalue weighted by molar-refractivity contribution is 0.0975. The van der Waals surface area contributed by atoms with Crippen LogP contribution in [-0.4, -0.2) is 5.91 Å². The van der Waals surface area contributed by atoms with Crippen LogP contribution in [0.1, 0.15) is 47.4 Å². The highest BCUT2D eigenvalue weighted by molar-refractivity contribution is 6.30. The van der Waals surface area contributed by atoms with E-state index in [9.17, 15) is 4.79 Å². The summed E-state index contributed by atoms with van der Waals surface area (Å²) in [6.07, 6.45) is 3.11. The molecule has 0 bridgehead atoms. The summed E-state index contributed by atoms with van der Waals surface area (Å²) in [5.74, 6) is -0.00407. The second kappa shape index (κ2) is 8.07. The van der Waals surface area contributed by atoms with Gasteiger partial charge in [-0.15, -0.1) is 0 Å². The van der Waals surface area contributed by atoms with E-state index >= 15 is 0 Å². The minimum absolute atomic E-state index is 0.00407. The smallest absolute Gasteiger partial charge is 0.262 e. The number of nitrogens with one attached hydrogen (secondary N) is 1. The first-order valence-electron chi connectivity index (χ1n) is 9.71. The van der Waals surface area contributed by atoms with Crippen molar-refractivity contribution < 1.29 is 4.79 Å². The van der Waals surface area contributed by atoms with E-state index in [-0.39, 0.29) is 12.1 Å². The Morgan fingerprint density at radius 3 is 2.39 bits per heavy atom. The van der Waals surface area contributed by atoms with Crippen molar-refractivity contribution in [2.45, 2.75) is 32.4 Å². The predicted molar refractivity (Wildman–Crippen MR) is 116 cm³/mol. The molecule has 1 aliphatic rings. The van der Waals surface area contributed by atoms with Gasteiger partial charge in [-0.25, -0.2) is 0 Å². The number of rotatable bonds is 5. The number of carbonyl (C=O) groups is 1. The Kier molecular flexibility index (Phi) is 5.36. The van der Waals surface area contributed by atoms with Gasteiger partial charge in [0.2, 0.25) is 0 Å². The highest BCUT2D eigenvalue weighted by Crippen LogP contribution is 2.37. The molecule has 0 fully saturated rings. The van der Waals surface area contributed by atoms with Crippen LogP contribution in [0.5, 0.6) is 0 Å². The lowest BCUT2D eigenvalue weighted by atomic mass is 10.0. The first-order valence-corrected chi connectivity index (χ1v) is 10.1. The summed E-state index contributed by atoms with van der Waals surface area (Å²) < 4.78 is 0. The standard InChI is InChI=1S/C24H23ClN2O/c1-2-3-6-17-9-15-20(16-10-17)27-23(18-11-13-19(25)14-12-18)26-22-8-5-4-7-21(22)24(27)28/h4-5,7-16,23,26H,2-3,6H2,1H3/t23-/m0/s1. The minimum atomic E-state index is -0.291. The molecule has 3 aromatic carbocycles. The van der Waals surface area contributed by atoms with Crippen LogP contribution >= 0.6 is 11.6 Å². The maximum Gasteiger partial charge on any atom is 0.262 e. The predicted octanol–water partition coefficient (Wildman–Crippen LogP) is 6.45. The summed E-state index contributed by atoms with van der Waals surface area (Å²) in [5.41, 5.74) is 4.70. The zero-order valence-electron chi connectivity index (χ0n) is 15.9. The van der Waals surface area contributed by atoms with E-state index in [1.807, 2.05) is 65.6 Å². The van der Waals surface area contributed by atoms with Crippen molar-refractivity contribution in [2.24, 2.45) is 0 Å². The summed E-state index contributed by atoms with van der Waals surface area (Å²) in [7, 11) is 0. The van der Waals surface area contributed by atoms with E-state index in [4.69, 9.17) is 11.6 Å². The second-order valence-corrected chi connectivity index (χ2v) is 7.53. The number of fused-ring (bicyclic) bond motifs is 1. The molecule has 0 radical (unpaired) electrons. The molecule has 1 atom stereocenters. The third-order valence-electron chi connectivity index (χ3n) is 5.15. The van der Waals surface area contributed by atoms with Crippen molar-refractivity contribution in [1.82, 2.24) is 0 Å². The zero-order valence-corrected chi connectivity index (χ0v) is 16.6. The quantitative estimate of drug-likeness (QED) is 0.542. The van der Waals surface area contributed by atoms with Crippen LogP contribution < -0.4 is 10.2 Å². The molecule has 3 aromatic rings. The Labute approximate surface area is 171 Å². The van der Waals surface area contributed by atoms with Gasteiger partial charge in [0, 0.05) is 16.4 Å². The number of unbranched alkanes of at least 4 members (excludes halogenated alkanes) is 1. The maximum absolute atomic E-state index is 13.4. The summed E-state index contributed by atoms with van der Waals surface area (Å²) in [6, 6.07) is 23.6. The molecule has 1 amide bonds.